The number of rotatable bonds is 6. The number of pyridine rings is 5. The van der Waals surface area contributed by atoms with Crippen LogP contribution >= 0.6 is 46.4 Å². The maximum absolute atomic E-state index is 13.1. The molecule has 0 aromatic carbocycles. The van der Waals surface area contributed by atoms with Crippen molar-refractivity contribution < 1.29 is 19.4 Å². The van der Waals surface area contributed by atoms with E-state index < -0.39 is 44.4 Å². The minimum atomic E-state index is -2.13. The number of nitrogens with one attached hydrogen (secondary N) is 1. The van der Waals surface area contributed by atoms with Crippen molar-refractivity contribution in [3.8, 4) is 5.69 Å². The number of nitro groups is 2. The van der Waals surface area contributed by atoms with E-state index in [0.717, 1.165) is 15.5 Å². The number of H-pyrrole nitrogens is 1. The minimum absolute atomic E-state index is 0.0464. The van der Waals surface area contributed by atoms with Crippen LogP contribution in [-0.2, 0) is 4.79 Å². The largest absolute Gasteiger partial charge is 0.353 e. The number of aryl methyl sites for hydroxylation is 2. The monoisotopic (exact) mass is 816 g/mol. The third-order valence-corrected chi connectivity index (χ3v) is 9.72. The quantitative estimate of drug-likeness (QED) is 0.0768. The molecule has 1 atom stereocenters. The Hall–Kier alpha value is -5.29. The van der Waals surface area contributed by atoms with Crippen molar-refractivity contribution in [1.29, 1.82) is 0 Å². The number of nitrogens with zero attached hydrogens (tertiary/aromatic N) is 7. The summed E-state index contributed by atoms with van der Waals surface area (Å²) < 4.78 is 1.14. The molecule has 280 valence electrons. The maximum atomic E-state index is 13.1. The maximum Gasteiger partial charge on any atom is 0.353 e. The van der Waals surface area contributed by atoms with Crippen molar-refractivity contribution >= 4 is 86.3 Å². The number of fused-ring (bicyclic) bond motifs is 2. The van der Waals surface area contributed by atoms with Gasteiger partial charge >= 0.3 is 23.2 Å². The average molecular weight is 818 g/mol. The first-order valence-corrected chi connectivity index (χ1v) is 17.4. The van der Waals surface area contributed by atoms with Gasteiger partial charge in [0.15, 0.2) is 5.65 Å². The van der Waals surface area contributed by atoms with Gasteiger partial charge in [0.25, 0.3) is 5.56 Å². The van der Waals surface area contributed by atoms with E-state index in [-0.39, 0.29) is 54.5 Å². The molecule has 1 aliphatic heterocycles. The van der Waals surface area contributed by atoms with E-state index >= 15 is 0 Å². The summed E-state index contributed by atoms with van der Waals surface area (Å²) in [6, 6.07) is 3.63. The second-order valence-corrected chi connectivity index (χ2v) is 14.2. The van der Waals surface area contributed by atoms with Gasteiger partial charge in [0.05, 0.1) is 38.3 Å². The Labute approximate surface area is 325 Å². The van der Waals surface area contributed by atoms with Crippen molar-refractivity contribution in [1.82, 2.24) is 24.5 Å². The van der Waals surface area contributed by atoms with Crippen LogP contribution in [0.1, 0.15) is 72.4 Å². The molecule has 1 aliphatic rings. The Bertz CT molecular complexity index is 2560. The molecule has 0 bridgehead atoms. The van der Waals surface area contributed by atoms with Gasteiger partial charge in [-0.05, 0) is 61.1 Å². The number of halogens is 4. The molecule has 16 nitrogen and oxygen atoms in total. The lowest BCUT2D eigenvalue weighted by molar-refractivity contribution is -0.491. The molecule has 0 fully saturated rings. The number of hydrogen-bond donors (Lipinski definition) is 1. The predicted octanol–water partition coefficient (Wildman–Crippen LogP) is 7.44. The molecule has 1 amide bonds. The highest BCUT2D eigenvalue weighted by molar-refractivity contribution is 6.43. The zero-order valence-corrected chi connectivity index (χ0v) is 32.1. The van der Waals surface area contributed by atoms with Gasteiger partial charge in [-0.2, -0.15) is 0 Å². The van der Waals surface area contributed by atoms with Gasteiger partial charge in [-0.15, -0.1) is 0 Å². The fourth-order valence-corrected chi connectivity index (χ4v) is 6.64. The summed E-state index contributed by atoms with van der Waals surface area (Å²) in [5.41, 5.74) is 0.592. The number of aromatic nitrogens is 5. The molecular weight excluding hydrogens is 790 g/mol. The van der Waals surface area contributed by atoms with Crippen molar-refractivity contribution in [2.45, 2.75) is 59.4 Å². The standard InChI is InChI=1S/C17H13Cl3N4O3.C17H15ClN4O5/c1-7(2)12-13(8(3)4-5-21-12)23-16-9(6-10(18)15(20)22-16)11(19)14(17(23)25)24(26)27;1-7(2)11-12(8(3)4-5-19-11)21-15-9(6-10(18)16(24)20-15)14(23)13(17(21)25)22(26)27/h4-7H,1-3H3;4-7,13H,1-3H3,(H,20,24). The number of carbonyl (C=O) groups excluding carboxylic acids is 2. The fraction of sp³-hybridized carbons (Fsp3) is 0.265. The molecule has 0 saturated heterocycles. The number of aromatic amines is 1. The van der Waals surface area contributed by atoms with Crippen LogP contribution in [0.2, 0.25) is 20.2 Å². The van der Waals surface area contributed by atoms with Crippen molar-refractivity contribution in [2.75, 3.05) is 4.90 Å². The highest BCUT2D eigenvalue weighted by Crippen LogP contribution is 2.39. The molecule has 1 N–H and O–H groups in total. The normalized spacial score (nSPS) is 14.0. The first kappa shape index (κ1) is 39.9. The minimum Gasteiger partial charge on any atom is -0.306 e. The molecule has 0 spiro atoms. The Morgan fingerprint density at radius 1 is 0.833 bits per heavy atom. The van der Waals surface area contributed by atoms with Gasteiger partial charge in [-0.3, -0.25) is 58.8 Å². The van der Waals surface area contributed by atoms with Crippen LogP contribution in [0.4, 0.5) is 17.2 Å². The van der Waals surface area contributed by atoms with Gasteiger partial charge in [-0.25, -0.2) is 4.98 Å². The van der Waals surface area contributed by atoms with Crippen molar-refractivity contribution in [3.63, 3.8) is 0 Å². The van der Waals surface area contributed by atoms with E-state index in [0.29, 0.717) is 33.9 Å². The third kappa shape index (κ3) is 6.93. The fourth-order valence-electron chi connectivity index (χ4n) is 5.91. The van der Waals surface area contributed by atoms with Crippen LogP contribution in [-0.4, -0.2) is 52.1 Å². The summed E-state index contributed by atoms with van der Waals surface area (Å²) in [6.45, 7) is 11.0. The number of ketones is 1. The van der Waals surface area contributed by atoms with Gasteiger partial charge in [0.2, 0.25) is 5.78 Å². The predicted molar refractivity (Wildman–Crippen MR) is 203 cm³/mol. The van der Waals surface area contributed by atoms with Gasteiger partial charge in [0, 0.05) is 22.7 Å². The zero-order chi connectivity index (χ0) is 40.1. The van der Waals surface area contributed by atoms with Gasteiger partial charge < -0.3 is 4.98 Å². The second-order valence-electron chi connectivity index (χ2n) is 12.7. The topological polar surface area (TPSA) is 217 Å². The van der Waals surface area contributed by atoms with E-state index in [1.807, 2.05) is 27.7 Å². The van der Waals surface area contributed by atoms with Crippen molar-refractivity contribution in [3.05, 3.63) is 126 Å². The summed E-state index contributed by atoms with van der Waals surface area (Å²) in [5.74, 6) is -2.41. The van der Waals surface area contributed by atoms with E-state index in [4.69, 9.17) is 46.4 Å². The molecule has 20 heteroatoms. The van der Waals surface area contributed by atoms with Crippen LogP contribution in [0.15, 0.2) is 46.2 Å². The summed E-state index contributed by atoms with van der Waals surface area (Å²) in [7, 11) is 0. The number of carbonyl (C=O) groups is 2. The molecule has 5 aromatic rings. The third-order valence-electron chi connectivity index (χ3n) is 8.38. The Kier molecular flexibility index (Phi) is 11.2. The average Bonchev–Trinajstić information content (AvgIpc) is 3.08. The lowest BCUT2D eigenvalue weighted by Gasteiger charge is -2.31. The molecule has 1 unspecified atom stereocenters. The Balaban J connectivity index is 0.000000208. The summed E-state index contributed by atoms with van der Waals surface area (Å²) >= 11 is 24.0. The number of hydrogen-bond acceptors (Lipinski definition) is 11. The first-order valence-electron chi connectivity index (χ1n) is 15.9. The molecule has 5 aromatic heterocycles. The lowest BCUT2D eigenvalue weighted by atomic mass is 9.96. The zero-order valence-electron chi connectivity index (χ0n) is 29.1. The van der Waals surface area contributed by atoms with Gasteiger partial charge in [-0.1, -0.05) is 74.1 Å². The van der Waals surface area contributed by atoms with Crippen LogP contribution in [0.25, 0.3) is 16.7 Å². The number of Topliss-reactive ketones (excluding diaryl/α,β-unsaturated/α-hetero) is 1. The Morgan fingerprint density at radius 2 is 1.39 bits per heavy atom. The van der Waals surface area contributed by atoms with Crippen LogP contribution in [0.3, 0.4) is 0 Å². The lowest BCUT2D eigenvalue weighted by Crippen LogP contribution is -2.51. The highest BCUT2D eigenvalue weighted by atomic mass is 35.5. The second kappa shape index (κ2) is 15.2. The molecule has 0 aliphatic carbocycles. The first-order chi connectivity index (χ1) is 25.3. The molecular formula is C34H28Cl4N8O8. The molecule has 54 heavy (non-hydrogen) atoms. The number of anilines is 2. The van der Waals surface area contributed by atoms with E-state index in [1.54, 1.807) is 38.4 Å². The Morgan fingerprint density at radius 3 is 1.93 bits per heavy atom. The summed E-state index contributed by atoms with van der Waals surface area (Å²) in [6.07, 6.45) is 3.17. The molecule has 6 heterocycles. The van der Waals surface area contributed by atoms with E-state index in [9.17, 15) is 39.4 Å². The highest BCUT2D eigenvalue weighted by Gasteiger charge is 2.50. The van der Waals surface area contributed by atoms with Gasteiger partial charge in [0.1, 0.15) is 21.0 Å². The summed E-state index contributed by atoms with van der Waals surface area (Å²) in [5, 5.41) is 22.5. The van der Waals surface area contributed by atoms with E-state index in [2.05, 4.69) is 19.9 Å². The van der Waals surface area contributed by atoms with Crippen LogP contribution in [0, 0.1) is 34.1 Å². The number of amides is 1. The molecule has 0 saturated carbocycles. The SMILES string of the molecule is Cc1ccnc(C(C)C)c1-n1c(=O)c([N+](=O)[O-])c(Cl)c2cc(Cl)c(Cl)nc21.Cc1ccnc(C(C)C)c1N1C(=O)C([N+](=O)[O-])C(=O)c2cc(Cl)c(=O)[nH]c21. The van der Waals surface area contributed by atoms with Crippen LogP contribution in [0.5, 0.6) is 0 Å². The smallest absolute Gasteiger partial charge is 0.306 e. The molecule has 0 radical (unpaired) electrons. The van der Waals surface area contributed by atoms with E-state index in [1.165, 1.54) is 6.07 Å². The van der Waals surface area contributed by atoms with Crippen molar-refractivity contribution in [2.24, 2.45) is 0 Å². The molecule has 6 rings (SSSR count). The van der Waals surface area contributed by atoms with Crippen LogP contribution < -0.4 is 16.0 Å². The summed E-state index contributed by atoms with van der Waals surface area (Å²) in [4.78, 5) is 88.0.